The average molecular weight is 319 g/mol. The highest BCUT2D eigenvalue weighted by molar-refractivity contribution is 5.88. The summed E-state index contributed by atoms with van der Waals surface area (Å²) in [7, 11) is 0. The topological polar surface area (TPSA) is 70.7 Å². The molecule has 6 nitrogen and oxygen atoms in total. The lowest BCUT2D eigenvalue weighted by molar-refractivity contribution is -0.114. The molecule has 1 heterocycles. The Hall–Kier alpha value is -2.24. The first-order chi connectivity index (χ1) is 11.0. The molecule has 1 fully saturated rings. The summed E-state index contributed by atoms with van der Waals surface area (Å²) < 4.78 is 5.60. The Morgan fingerprint density at radius 2 is 2.22 bits per heavy atom. The van der Waals surface area contributed by atoms with Crippen molar-refractivity contribution in [3.63, 3.8) is 0 Å². The Kier molecular flexibility index (Phi) is 6.26. The van der Waals surface area contributed by atoms with E-state index in [9.17, 15) is 9.59 Å². The lowest BCUT2D eigenvalue weighted by Gasteiger charge is -2.30. The molecule has 0 spiro atoms. The third-order valence-corrected chi connectivity index (χ3v) is 3.75. The molecule has 3 amide bonds. The number of hydrogen-bond acceptors (Lipinski definition) is 3. The number of hydrogen-bond donors (Lipinski definition) is 2. The van der Waals surface area contributed by atoms with Crippen molar-refractivity contribution < 1.29 is 14.3 Å². The van der Waals surface area contributed by atoms with Crippen LogP contribution in [0.25, 0.3) is 0 Å². The fourth-order valence-electron chi connectivity index (χ4n) is 2.68. The van der Waals surface area contributed by atoms with Crippen molar-refractivity contribution in [1.82, 2.24) is 10.2 Å². The van der Waals surface area contributed by atoms with Crippen LogP contribution in [0.4, 0.5) is 10.5 Å². The van der Waals surface area contributed by atoms with Crippen LogP contribution in [0.15, 0.2) is 24.3 Å². The van der Waals surface area contributed by atoms with E-state index >= 15 is 0 Å². The SMILES string of the molecule is CC(=O)Nc1cccc(OCCNC(=O)N2CCC[C@H](C)C2)c1. The predicted molar refractivity (Wildman–Crippen MR) is 89.6 cm³/mol. The smallest absolute Gasteiger partial charge is 0.317 e. The zero-order valence-electron chi connectivity index (χ0n) is 13.8. The first-order valence-electron chi connectivity index (χ1n) is 8.08. The van der Waals surface area contributed by atoms with Gasteiger partial charge in [-0.15, -0.1) is 0 Å². The van der Waals surface area contributed by atoms with Gasteiger partial charge in [-0.2, -0.15) is 0 Å². The summed E-state index contributed by atoms with van der Waals surface area (Å²) in [5.74, 6) is 1.12. The number of likely N-dealkylation sites (tertiary alicyclic amines) is 1. The van der Waals surface area contributed by atoms with Gasteiger partial charge in [-0.3, -0.25) is 4.79 Å². The minimum Gasteiger partial charge on any atom is -0.492 e. The number of carbonyl (C=O) groups is 2. The van der Waals surface area contributed by atoms with Crippen molar-refractivity contribution in [2.45, 2.75) is 26.7 Å². The number of benzene rings is 1. The number of ether oxygens (including phenoxy) is 1. The van der Waals surface area contributed by atoms with E-state index in [1.165, 1.54) is 13.3 Å². The van der Waals surface area contributed by atoms with Crippen LogP contribution in [0.2, 0.25) is 0 Å². The van der Waals surface area contributed by atoms with Crippen molar-refractivity contribution >= 4 is 17.6 Å². The van der Waals surface area contributed by atoms with Gasteiger partial charge in [0.05, 0.1) is 6.54 Å². The monoisotopic (exact) mass is 319 g/mol. The largest absolute Gasteiger partial charge is 0.492 e. The molecule has 0 bridgehead atoms. The molecule has 6 heteroatoms. The van der Waals surface area contributed by atoms with Crippen molar-refractivity contribution in [1.29, 1.82) is 0 Å². The van der Waals surface area contributed by atoms with Crippen LogP contribution in [-0.4, -0.2) is 43.1 Å². The molecule has 1 aromatic carbocycles. The number of carbonyl (C=O) groups excluding carboxylic acids is 2. The van der Waals surface area contributed by atoms with Gasteiger partial charge in [-0.25, -0.2) is 4.79 Å². The molecular formula is C17H25N3O3. The quantitative estimate of drug-likeness (QED) is 0.819. The van der Waals surface area contributed by atoms with Crippen molar-refractivity contribution in [2.24, 2.45) is 5.92 Å². The summed E-state index contributed by atoms with van der Waals surface area (Å²) in [6.45, 7) is 6.13. The Morgan fingerprint density at radius 3 is 2.96 bits per heavy atom. The van der Waals surface area contributed by atoms with Gasteiger partial charge in [0, 0.05) is 31.8 Å². The summed E-state index contributed by atoms with van der Waals surface area (Å²) in [5.41, 5.74) is 0.696. The number of nitrogens with one attached hydrogen (secondary N) is 2. The minimum absolute atomic E-state index is 0.0212. The summed E-state index contributed by atoms with van der Waals surface area (Å²) in [6, 6.07) is 7.17. The van der Waals surface area contributed by atoms with Gasteiger partial charge >= 0.3 is 6.03 Å². The van der Waals surface area contributed by atoms with Gasteiger partial charge in [-0.05, 0) is 30.9 Å². The summed E-state index contributed by atoms with van der Waals surface area (Å²) in [5, 5.41) is 5.59. The van der Waals surface area contributed by atoms with Crippen molar-refractivity contribution in [3.05, 3.63) is 24.3 Å². The third kappa shape index (κ3) is 5.81. The van der Waals surface area contributed by atoms with Gasteiger partial charge in [0.15, 0.2) is 0 Å². The zero-order chi connectivity index (χ0) is 16.7. The highest BCUT2D eigenvalue weighted by Gasteiger charge is 2.20. The minimum atomic E-state index is -0.120. The van der Waals surface area contributed by atoms with Crippen LogP contribution in [0.3, 0.4) is 0 Å². The van der Waals surface area contributed by atoms with Crippen LogP contribution in [0, 0.1) is 5.92 Å². The maximum absolute atomic E-state index is 12.0. The van der Waals surface area contributed by atoms with E-state index in [1.54, 1.807) is 12.1 Å². The fraction of sp³-hybridized carbons (Fsp3) is 0.529. The van der Waals surface area contributed by atoms with Gasteiger partial charge in [0.2, 0.25) is 5.91 Å². The third-order valence-electron chi connectivity index (χ3n) is 3.75. The summed E-state index contributed by atoms with van der Waals surface area (Å²) in [6.07, 6.45) is 2.26. The van der Waals surface area contributed by atoms with Crippen LogP contribution < -0.4 is 15.4 Å². The molecule has 126 valence electrons. The lowest BCUT2D eigenvalue weighted by atomic mass is 10.0. The molecule has 1 aliphatic rings. The molecule has 0 radical (unpaired) electrons. The zero-order valence-corrected chi connectivity index (χ0v) is 13.8. The molecule has 2 rings (SSSR count). The van der Waals surface area contributed by atoms with Crippen LogP contribution >= 0.6 is 0 Å². The second-order valence-electron chi connectivity index (χ2n) is 5.98. The molecule has 1 atom stereocenters. The number of anilines is 1. The molecule has 1 aromatic rings. The Labute approximate surface area is 137 Å². The second kappa shape index (κ2) is 8.41. The van der Waals surface area contributed by atoms with Gasteiger partial charge < -0.3 is 20.3 Å². The van der Waals surface area contributed by atoms with Crippen LogP contribution in [0.1, 0.15) is 26.7 Å². The van der Waals surface area contributed by atoms with Gasteiger partial charge in [-0.1, -0.05) is 13.0 Å². The Bertz CT molecular complexity index is 548. The Balaban J connectivity index is 1.70. The summed E-state index contributed by atoms with van der Waals surface area (Å²) >= 11 is 0. The van der Waals surface area contributed by atoms with E-state index < -0.39 is 0 Å². The fourth-order valence-corrected chi connectivity index (χ4v) is 2.68. The summed E-state index contributed by atoms with van der Waals surface area (Å²) in [4.78, 5) is 24.9. The standard InChI is InChI=1S/C17H25N3O3/c1-13-5-4-9-20(12-13)17(22)18-8-10-23-16-7-3-6-15(11-16)19-14(2)21/h3,6-7,11,13H,4-5,8-10,12H2,1-2H3,(H,18,22)(H,19,21)/t13-/m0/s1. The maximum atomic E-state index is 12.0. The second-order valence-corrected chi connectivity index (χ2v) is 5.98. The molecule has 1 saturated heterocycles. The van der Waals surface area contributed by atoms with Gasteiger partial charge in [0.25, 0.3) is 0 Å². The van der Waals surface area contributed by atoms with Crippen LogP contribution in [0.5, 0.6) is 5.75 Å². The Morgan fingerprint density at radius 1 is 1.39 bits per heavy atom. The van der Waals surface area contributed by atoms with Crippen molar-refractivity contribution in [2.75, 3.05) is 31.6 Å². The molecule has 0 aliphatic carbocycles. The van der Waals surface area contributed by atoms with E-state index in [-0.39, 0.29) is 11.9 Å². The lowest BCUT2D eigenvalue weighted by Crippen LogP contribution is -2.45. The van der Waals surface area contributed by atoms with E-state index in [2.05, 4.69) is 17.6 Å². The van der Waals surface area contributed by atoms with E-state index in [1.807, 2.05) is 17.0 Å². The number of amides is 3. The molecule has 1 aliphatic heterocycles. The highest BCUT2D eigenvalue weighted by atomic mass is 16.5. The molecule has 0 saturated carbocycles. The number of rotatable bonds is 5. The molecule has 0 unspecified atom stereocenters. The normalized spacial score (nSPS) is 17.5. The number of nitrogens with zero attached hydrogens (tertiary/aromatic N) is 1. The maximum Gasteiger partial charge on any atom is 0.317 e. The first kappa shape index (κ1) is 17.1. The van der Waals surface area contributed by atoms with Crippen molar-refractivity contribution in [3.8, 4) is 5.75 Å². The molecule has 0 aromatic heterocycles. The average Bonchev–Trinajstić information content (AvgIpc) is 2.51. The van der Waals surface area contributed by atoms with E-state index in [0.29, 0.717) is 30.5 Å². The van der Waals surface area contributed by atoms with E-state index in [4.69, 9.17) is 4.74 Å². The molecule has 2 N–H and O–H groups in total. The molecular weight excluding hydrogens is 294 g/mol. The molecule has 23 heavy (non-hydrogen) atoms. The highest BCUT2D eigenvalue weighted by Crippen LogP contribution is 2.17. The number of urea groups is 1. The number of piperidine rings is 1. The van der Waals surface area contributed by atoms with Crippen LogP contribution in [-0.2, 0) is 4.79 Å². The predicted octanol–water partition coefficient (Wildman–Crippen LogP) is 2.47. The van der Waals surface area contributed by atoms with Gasteiger partial charge in [0.1, 0.15) is 12.4 Å². The first-order valence-corrected chi connectivity index (χ1v) is 8.08. The van der Waals surface area contributed by atoms with E-state index in [0.717, 1.165) is 19.5 Å².